The van der Waals surface area contributed by atoms with Crippen molar-refractivity contribution in [1.29, 1.82) is 0 Å². The molecule has 138 valence electrons. The van der Waals surface area contributed by atoms with Gasteiger partial charge in [-0.1, -0.05) is 24.3 Å². The summed E-state index contributed by atoms with van der Waals surface area (Å²) in [6.07, 6.45) is 5.72. The molecule has 2 heterocycles. The number of carbonyl (C=O) groups is 1. The van der Waals surface area contributed by atoms with Crippen molar-refractivity contribution in [2.45, 2.75) is 13.0 Å². The first-order valence-corrected chi connectivity index (χ1v) is 8.62. The summed E-state index contributed by atoms with van der Waals surface area (Å²) in [5.41, 5.74) is 2.37. The van der Waals surface area contributed by atoms with Gasteiger partial charge in [0.1, 0.15) is 11.4 Å². The van der Waals surface area contributed by atoms with E-state index in [1.54, 1.807) is 31.8 Å². The Bertz CT molecular complexity index is 886. The molecule has 1 amide bonds. The molecule has 3 rings (SSSR count). The molecule has 0 bridgehead atoms. The maximum absolute atomic E-state index is 12.3. The van der Waals surface area contributed by atoms with Crippen molar-refractivity contribution in [3.05, 3.63) is 77.9 Å². The molecular weight excluding hydrogens is 342 g/mol. The summed E-state index contributed by atoms with van der Waals surface area (Å²) in [5, 5.41) is 5.97. The number of pyridine rings is 1. The molecule has 0 unspecified atom stereocenters. The van der Waals surface area contributed by atoms with Gasteiger partial charge in [0.25, 0.3) is 5.91 Å². The van der Waals surface area contributed by atoms with E-state index < -0.39 is 0 Å². The van der Waals surface area contributed by atoms with Crippen LogP contribution in [0.25, 0.3) is 0 Å². The molecule has 0 aliphatic heterocycles. The summed E-state index contributed by atoms with van der Waals surface area (Å²) in [4.78, 5) is 24.8. The van der Waals surface area contributed by atoms with Crippen molar-refractivity contribution >= 4 is 11.9 Å². The van der Waals surface area contributed by atoms with Crippen LogP contribution in [0.1, 0.15) is 21.6 Å². The fraction of sp³-hybridized carbons (Fsp3) is 0.200. The van der Waals surface area contributed by atoms with Gasteiger partial charge in [-0.2, -0.15) is 0 Å². The molecule has 0 spiro atoms. The summed E-state index contributed by atoms with van der Waals surface area (Å²) in [7, 11) is 1.64. The minimum Gasteiger partial charge on any atom is -0.496 e. The van der Waals surface area contributed by atoms with Gasteiger partial charge in [0, 0.05) is 31.7 Å². The van der Waals surface area contributed by atoms with E-state index in [0.717, 1.165) is 16.9 Å². The van der Waals surface area contributed by atoms with Crippen LogP contribution in [0.4, 0.5) is 5.95 Å². The Balaban J connectivity index is 1.54. The molecule has 1 aromatic carbocycles. The number of hydrogen-bond acceptors (Lipinski definition) is 6. The molecule has 2 aromatic heterocycles. The zero-order valence-electron chi connectivity index (χ0n) is 15.1. The Morgan fingerprint density at radius 3 is 2.81 bits per heavy atom. The minimum atomic E-state index is -0.239. The average Bonchev–Trinajstić information content (AvgIpc) is 2.73. The molecule has 3 aromatic rings. The van der Waals surface area contributed by atoms with Crippen LogP contribution < -0.4 is 15.4 Å². The topological polar surface area (TPSA) is 89.0 Å². The number of hydrogen-bond donors (Lipinski definition) is 2. The number of ether oxygens (including phenoxy) is 1. The summed E-state index contributed by atoms with van der Waals surface area (Å²) in [6.45, 7) is 1.02. The number of aromatic nitrogens is 3. The SMILES string of the molecule is COc1ccccc1CCNC(=O)c1ccnc(NCc2cccnc2)n1. The van der Waals surface area contributed by atoms with Crippen LogP contribution in [0.3, 0.4) is 0 Å². The smallest absolute Gasteiger partial charge is 0.270 e. The Morgan fingerprint density at radius 1 is 1.11 bits per heavy atom. The van der Waals surface area contributed by atoms with Crippen LogP contribution in [0.5, 0.6) is 5.75 Å². The van der Waals surface area contributed by atoms with E-state index >= 15 is 0 Å². The Morgan fingerprint density at radius 2 is 2.00 bits per heavy atom. The zero-order valence-corrected chi connectivity index (χ0v) is 15.1. The van der Waals surface area contributed by atoms with Gasteiger partial charge in [-0.3, -0.25) is 9.78 Å². The van der Waals surface area contributed by atoms with E-state index in [1.807, 2.05) is 36.4 Å². The number of rotatable bonds is 8. The molecule has 0 saturated heterocycles. The fourth-order valence-corrected chi connectivity index (χ4v) is 2.56. The molecule has 0 fully saturated rings. The molecule has 2 N–H and O–H groups in total. The van der Waals surface area contributed by atoms with E-state index in [9.17, 15) is 4.79 Å². The molecule has 7 heteroatoms. The second-order valence-electron chi connectivity index (χ2n) is 5.80. The van der Waals surface area contributed by atoms with E-state index in [2.05, 4.69) is 25.6 Å². The van der Waals surface area contributed by atoms with Crippen LogP contribution in [0, 0.1) is 0 Å². The summed E-state index contributed by atoms with van der Waals surface area (Å²) < 4.78 is 5.32. The molecule has 27 heavy (non-hydrogen) atoms. The largest absolute Gasteiger partial charge is 0.496 e. The van der Waals surface area contributed by atoms with Gasteiger partial charge < -0.3 is 15.4 Å². The van der Waals surface area contributed by atoms with Crippen LogP contribution in [0.2, 0.25) is 0 Å². The lowest BCUT2D eigenvalue weighted by molar-refractivity contribution is 0.0949. The molecule has 0 saturated carbocycles. The van der Waals surface area contributed by atoms with Gasteiger partial charge in [-0.25, -0.2) is 9.97 Å². The monoisotopic (exact) mass is 363 g/mol. The lowest BCUT2D eigenvalue weighted by Crippen LogP contribution is -2.27. The molecular formula is C20H21N5O2. The van der Waals surface area contributed by atoms with Crippen LogP contribution in [0.15, 0.2) is 61.1 Å². The highest BCUT2D eigenvalue weighted by Gasteiger charge is 2.09. The van der Waals surface area contributed by atoms with Crippen molar-refractivity contribution in [2.75, 3.05) is 19.0 Å². The Hall–Kier alpha value is -3.48. The van der Waals surface area contributed by atoms with Crippen molar-refractivity contribution in [1.82, 2.24) is 20.3 Å². The van der Waals surface area contributed by atoms with Crippen LogP contribution in [-0.2, 0) is 13.0 Å². The van der Waals surface area contributed by atoms with E-state index in [0.29, 0.717) is 31.2 Å². The maximum Gasteiger partial charge on any atom is 0.270 e. The fourth-order valence-electron chi connectivity index (χ4n) is 2.56. The van der Waals surface area contributed by atoms with E-state index in [1.165, 1.54) is 0 Å². The van der Waals surface area contributed by atoms with Gasteiger partial charge in [0.15, 0.2) is 0 Å². The van der Waals surface area contributed by atoms with Gasteiger partial charge in [0.2, 0.25) is 5.95 Å². The normalized spacial score (nSPS) is 10.3. The maximum atomic E-state index is 12.3. The number of carbonyl (C=O) groups excluding carboxylic acids is 1. The first kappa shape index (κ1) is 18.3. The van der Waals surface area contributed by atoms with Gasteiger partial charge in [-0.05, 0) is 35.7 Å². The molecule has 0 radical (unpaired) electrons. The van der Waals surface area contributed by atoms with Crippen LogP contribution >= 0.6 is 0 Å². The number of amides is 1. The van der Waals surface area contributed by atoms with E-state index in [4.69, 9.17) is 4.74 Å². The number of benzene rings is 1. The molecule has 0 aliphatic rings. The third-order valence-corrected chi connectivity index (χ3v) is 3.93. The number of methoxy groups -OCH3 is 1. The van der Waals surface area contributed by atoms with Crippen molar-refractivity contribution in [2.24, 2.45) is 0 Å². The lowest BCUT2D eigenvalue weighted by atomic mass is 10.1. The molecule has 7 nitrogen and oxygen atoms in total. The first-order chi connectivity index (χ1) is 13.3. The zero-order chi connectivity index (χ0) is 18.9. The quantitative estimate of drug-likeness (QED) is 0.639. The third kappa shape index (κ3) is 5.24. The summed E-state index contributed by atoms with van der Waals surface area (Å²) in [6, 6.07) is 13.2. The number of para-hydroxylation sites is 1. The number of nitrogens with zero attached hydrogens (tertiary/aromatic N) is 3. The Labute approximate surface area is 157 Å². The predicted octanol–water partition coefficient (Wildman–Crippen LogP) is 2.46. The molecule has 0 aliphatic carbocycles. The van der Waals surface area contributed by atoms with E-state index in [-0.39, 0.29) is 5.91 Å². The second-order valence-corrected chi connectivity index (χ2v) is 5.80. The first-order valence-electron chi connectivity index (χ1n) is 8.62. The Kier molecular flexibility index (Phi) is 6.30. The second kappa shape index (κ2) is 9.28. The highest BCUT2D eigenvalue weighted by atomic mass is 16.5. The molecule has 0 atom stereocenters. The lowest BCUT2D eigenvalue weighted by Gasteiger charge is -2.09. The summed E-state index contributed by atoms with van der Waals surface area (Å²) in [5.74, 6) is 0.976. The summed E-state index contributed by atoms with van der Waals surface area (Å²) >= 11 is 0. The van der Waals surface area contributed by atoms with Gasteiger partial charge >= 0.3 is 0 Å². The van der Waals surface area contributed by atoms with Crippen molar-refractivity contribution in [3.8, 4) is 5.75 Å². The van der Waals surface area contributed by atoms with Crippen LogP contribution in [-0.4, -0.2) is 34.5 Å². The number of anilines is 1. The minimum absolute atomic E-state index is 0.239. The average molecular weight is 363 g/mol. The third-order valence-electron chi connectivity index (χ3n) is 3.93. The highest BCUT2D eigenvalue weighted by Crippen LogP contribution is 2.17. The predicted molar refractivity (Wildman–Crippen MR) is 103 cm³/mol. The van der Waals surface area contributed by atoms with Gasteiger partial charge in [0.05, 0.1) is 7.11 Å². The number of nitrogens with one attached hydrogen (secondary N) is 2. The highest BCUT2D eigenvalue weighted by molar-refractivity contribution is 5.92. The van der Waals surface area contributed by atoms with Crippen molar-refractivity contribution in [3.63, 3.8) is 0 Å². The standard InChI is InChI=1S/C20H21N5O2/c1-27-18-7-3-2-6-16(18)8-11-22-19(26)17-9-12-23-20(25-17)24-14-15-5-4-10-21-13-15/h2-7,9-10,12-13H,8,11,14H2,1H3,(H,22,26)(H,23,24,25). The van der Waals surface area contributed by atoms with Gasteiger partial charge in [-0.15, -0.1) is 0 Å². The van der Waals surface area contributed by atoms with Crippen molar-refractivity contribution < 1.29 is 9.53 Å².